The molecular formula is C12H17NO2. The van der Waals surface area contributed by atoms with Gasteiger partial charge in [0.05, 0.1) is 13.2 Å². The highest BCUT2D eigenvalue weighted by Gasteiger charge is 2.24. The van der Waals surface area contributed by atoms with Gasteiger partial charge in [-0.05, 0) is 36.5 Å². The summed E-state index contributed by atoms with van der Waals surface area (Å²) in [6.07, 6.45) is 2.24. The number of aliphatic hydroxyl groups excluding tert-OH is 1. The highest BCUT2D eigenvalue weighted by atomic mass is 16.5. The zero-order valence-electron chi connectivity index (χ0n) is 8.94. The highest BCUT2D eigenvalue weighted by Crippen LogP contribution is 2.33. The van der Waals surface area contributed by atoms with Gasteiger partial charge in [-0.1, -0.05) is 12.1 Å². The molecule has 3 nitrogen and oxygen atoms in total. The van der Waals surface area contributed by atoms with Crippen LogP contribution in [0.4, 0.5) is 0 Å². The predicted octanol–water partition coefficient (Wildman–Crippen LogP) is 1.39. The molecule has 3 heteroatoms. The Morgan fingerprint density at radius 3 is 3.00 bits per heavy atom. The van der Waals surface area contributed by atoms with Crippen LogP contribution in [0.1, 0.15) is 30.1 Å². The van der Waals surface area contributed by atoms with Gasteiger partial charge in [0.15, 0.2) is 0 Å². The van der Waals surface area contributed by atoms with Crippen molar-refractivity contribution >= 4 is 0 Å². The van der Waals surface area contributed by atoms with Crippen molar-refractivity contribution in [2.24, 2.45) is 5.73 Å². The third-order valence-electron chi connectivity index (χ3n) is 3.08. The first-order chi connectivity index (χ1) is 7.24. The lowest BCUT2D eigenvalue weighted by molar-refractivity contribution is 0.144. The largest absolute Gasteiger partial charge is 0.496 e. The first kappa shape index (κ1) is 10.5. The van der Waals surface area contributed by atoms with Gasteiger partial charge in [0.1, 0.15) is 5.75 Å². The molecule has 0 radical (unpaired) electrons. The molecule has 0 unspecified atom stereocenters. The number of benzene rings is 1. The van der Waals surface area contributed by atoms with Crippen molar-refractivity contribution in [3.05, 3.63) is 29.3 Å². The molecule has 0 amide bonds. The zero-order chi connectivity index (χ0) is 10.8. The monoisotopic (exact) mass is 207 g/mol. The highest BCUT2D eigenvalue weighted by molar-refractivity contribution is 5.42. The molecule has 3 N–H and O–H groups in total. The SMILES string of the molecule is COc1cccc2c1CCC[C@H](N)[C@H]2O. The standard InChI is InChI=1S/C12H17NO2/c1-15-11-7-3-5-9-8(11)4-2-6-10(13)12(9)14/h3,5,7,10,12,14H,2,4,6,13H2,1H3/t10-,12-/m0/s1. The Hall–Kier alpha value is -1.06. The first-order valence-electron chi connectivity index (χ1n) is 5.33. The molecule has 1 aliphatic carbocycles. The fourth-order valence-electron chi connectivity index (χ4n) is 2.22. The Morgan fingerprint density at radius 2 is 2.27 bits per heavy atom. The average molecular weight is 207 g/mol. The predicted molar refractivity (Wildman–Crippen MR) is 58.9 cm³/mol. The Kier molecular flexibility index (Phi) is 2.93. The van der Waals surface area contributed by atoms with Crippen LogP contribution in [0.3, 0.4) is 0 Å². The Labute approximate surface area is 89.9 Å². The normalized spacial score (nSPS) is 25.5. The number of methoxy groups -OCH3 is 1. The second-order valence-corrected chi connectivity index (χ2v) is 4.03. The van der Waals surface area contributed by atoms with Crippen LogP contribution in [0.25, 0.3) is 0 Å². The molecule has 1 aromatic carbocycles. The van der Waals surface area contributed by atoms with Crippen molar-refractivity contribution < 1.29 is 9.84 Å². The molecule has 0 saturated carbocycles. The summed E-state index contributed by atoms with van der Waals surface area (Å²) in [5.74, 6) is 0.862. The van der Waals surface area contributed by atoms with Crippen molar-refractivity contribution in [3.63, 3.8) is 0 Å². The van der Waals surface area contributed by atoms with Gasteiger partial charge in [-0.25, -0.2) is 0 Å². The van der Waals surface area contributed by atoms with Crippen LogP contribution < -0.4 is 10.5 Å². The van der Waals surface area contributed by atoms with E-state index in [2.05, 4.69) is 0 Å². The molecule has 0 bridgehead atoms. The van der Waals surface area contributed by atoms with Gasteiger partial charge in [0.2, 0.25) is 0 Å². The molecule has 0 aliphatic heterocycles. The molecule has 2 atom stereocenters. The Bertz CT molecular complexity index is 351. The summed E-state index contributed by atoms with van der Waals surface area (Å²) >= 11 is 0. The summed E-state index contributed by atoms with van der Waals surface area (Å²) in [5, 5.41) is 10.0. The van der Waals surface area contributed by atoms with Crippen LogP contribution in [0.15, 0.2) is 18.2 Å². The molecule has 1 aromatic rings. The first-order valence-corrected chi connectivity index (χ1v) is 5.33. The summed E-state index contributed by atoms with van der Waals surface area (Å²) in [7, 11) is 1.66. The maximum absolute atomic E-state index is 10.0. The summed E-state index contributed by atoms with van der Waals surface area (Å²) in [6.45, 7) is 0. The maximum atomic E-state index is 10.0. The van der Waals surface area contributed by atoms with Crippen LogP contribution in [0.5, 0.6) is 5.75 Å². The third kappa shape index (κ3) is 1.85. The lowest BCUT2D eigenvalue weighted by atomic mass is 9.98. The van der Waals surface area contributed by atoms with E-state index < -0.39 is 6.10 Å². The number of nitrogens with two attached hydrogens (primary N) is 1. The van der Waals surface area contributed by atoms with Gasteiger partial charge in [0, 0.05) is 6.04 Å². The van der Waals surface area contributed by atoms with Crippen molar-refractivity contribution in [1.29, 1.82) is 0 Å². The minimum absolute atomic E-state index is 0.154. The lowest BCUT2D eigenvalue weighted by Gasteiger charge is -2.18. The van der Waals surface area contributed by atoms with Crippen molar-refractivity contribution in [3.8, 4) is 5.75 Å². The van der Waals surface area contributed by atoms with Crippen LogP contribution in [0.2, 0.25) is 0 Å². The number of rotatable bonds is 1. The topological polar surface area (TPSA) is 55.5 Å². The van der Waals surface area contributed by atoms with Gasteiger partial charge in [-0.2, -0.15) is 0 Å². The number of ether oxygens (including phenoxy) is 1. The van der Waals surface area contributed by atoms with E-state index in [0.717, 1.165) is 36.1 Å². The third-order valence-corrected chi connectivity index (χ3v) is 3.08. The second kappa shape index (κ2) is 4.21. The fraction of sp³-hybridized carbons (Fsp3) is 0.500. The number of hydrogen-bond donors (Lipinski definition) is 2. The van der Waals surface area contributed by atoms with Crippen molar-refractivity contribution in [2.75, 3.05) is 7.11 Å². The van der Waals surface area contributed by atoms with E-state index in [9.17, 15) is 5.11 Å². The quantitative estimate of drug-likeness (QED) is 0.684. The van der Waals surface area contributed by atoms with Crippen LogP contribution in [-0.4, -0.2) is 18.3 Å². The van der Waals surface area contributed by atoms with E-state index in [4.69, 9.17) is 10.5 Å². The smallest absolute Gasteiger partial charge is 0.122 e. The Morgan fingerprint density at radius 1 is 1.47 bits per heavy atom. The van der Waals surface area contributed by atoms with Gasteiger partial charge in [-0.3, -0.25) is 0 Å². The number of aliphatic hydroxyl groups is 1. The van der Waals surface area contributed by atoms with Crippen LogP contribution in [0, 0.1) is 0 Å². The molecule has 0 fully saturated rings. The molecule has 0 saturated heterocycles. The van der Waals surface area contributed by atoms with Gasteiger partial charge >= 0.3 is 0 Å². The minimum atomic E-state index is -0.558. The van der Waals surface area contributed by atoms with E-state index in [0.29, 0.717) is 0 Å². The maximum Gasteiger partial charge on any atom is 0.122 e. The van der Waals surface area contributed by atoms with Crippen LogP contribution >= 0.6 is 0 Å². The lowest BCUT2D eigenvalue weighted by Crippen LogP contribution is -2.27. The van der Waals surface area contributed by atoms with E-state index >= 15 is 0 Å². The van der Waals surface area contributed by atoms with Gasteiger partial charge in [-0.15, -0.1) is 0 Å². The van der Waals surface area contributed by atoms with E-state index in [1.54, 1.807) is 7.11 Å². The number of fused-ring (bicyclic) bond motifs is 1. The minimum Gasteiger partial charge on any atom is -0.496 e. The summed E-state index contributed by atoms with van der Waals surface area (Å²) in [6, 6.07) is 5.62. The van der Waals surface area contributed by atoms with Gasteiger partial charge < -0.3 is 15.6 Å². The van der Waals surface area contributed by atoms with E-state index in [1.807, 2.05) is 18.2 Å². The van der Waals surface area contributed by atoms with Crippen molar-refractivity contribution in [2.45, 2.75) is 31.4 Å². The molecule has 1 aliphatic rings. The van der Waals surface area contributed by atoms with E-state index in [1.165, 1.54) is 0 Å². The van der Waals surface area contributed by atoms with E-state index in [-0.39, 0.29) is 6.04 Å². The fourth-order valence-corrected chi connectivity index (χ4v) is 2.22. The van der Waals surface area contributed by atoms with Crippen molar-refractivity contribution in [1.82, 2.24) is 0 Å². The molecular weight excluding hydrogens is 190 g/mol. The summed E-state index contributed by atoms with van der Waals surface area (Å²) in [4.78, 5) is 0. The average Bonchev–Trinajstić information content (AvgIpc) is 2.40. The molecule has 0 heterocycles. The molecule has 2 rings (SSSR count). The second-order valence-electron chi connectivity index (χ2n) is 4.03. The van der Waals surface area contributed by atoms with Crippen LogP contribution in [-0.2, 0) is 6.42 Å². The number of hydrogen-bond acceptors (Lipinski definition) is 3. The molecule has 0 aromatic heterocycles. The molecule has 82 valence electrons. The summed E-state index contributed by atoms with van der Waals surface area (Å²) in [5.41, 5.74) is 7.94. The Balaban J connectivity index is 2.47. The molecule has 0 spiro atoms. The zero-order valence-corrected chi connectivity index (χ0v) is 8.94. The molecule has 15 heavy (non-hydrogen) atoms. The van der Waals surface area contributed by atoms with Gasteiger partial charge in [0.25, 0.3) is 0 Å². The summed E-state index contributed by atoms with van der Waals surface area (Å²) < 4.78 is 5.30.